The number of nitrogens with zero attached hydrogens (tertiary/aromatic N) is 1. The van der Waals surface area contributed by atoms with Crippen LogP contribution in [0.2, 0.25) is 0 Å². The van der Waals surface area contributed by atoms with Crippen LogP contribution in [0.1, 0.15) is 121 Å². The number of allylic oxidation sites excluding steroid dienone is 8. The number of anilines is 1. The Morgan fingerprint density at radius 1 is 1.00 bits per heavy atom. The Balaban J connectivity index is 0.000000892. The van der Waals surface area contributed by atoms with Crippen molar-refractivity contribution in [1.82, 2.24) is 0 Å². The topological polar surface area (TPSA) is 29.3 Å². The molecule has 0 aromatic heterocycles. The monoisotopic (exact) mass is 575 g/mol. The van der Waals surface area contributed by atoms with Crippen molar-refractivity contribution in [2.24, 2.45) is 28.4 Å². The number of benzene rings is 1. The third-order valence-electron chi connectivity index (χ3n) is 7.94. The highest BCUT2D eigenvalue weighted by Crippen LogP contribution is 2.40. The van der Waals surface area contributed by atoms with E-state index in [9.17, 15) is 0 Å². The van der Waals surface area contributed by atoms with E-state index in [0.717, 1.165) is 28.4 Å². The summed E-state index contributed by atoms with van der Waals surface area (Å²) in [6.07, 6.45) is 13.9. The van der Waals surface area contributed by atoms with Gasteiger partial charge in [0.05, 0.1) is 5.69 Å². The van der Waals surface area contributed by atoms with Crippen molar-refractivity contribution in [3.63, 3.8) is 0 Å². The van der Waals surface area contributed by atoms with Crippen LogP contribution >= 0.6 is 0 Å². The minimum atomic E-state index is 0.0447. The predicted octanol–water partition coefficient (Wildman–Crippen LogP) is 12.0. The highest BCUT2D eigenvalue weighted by atomic mass is 15.1. The molecular weight excluding hydrogens is 508 g/mol. The zero-order valence-electron chi connectivity index (χ0n) is 30.2. The van der Waals surface area contributed by atoms with Gasteiger partial charge in [0.2, 0.25) is 0 Å². The van der Waals surface area contributed by atoms with Crippen molar-refractivity contribution in [2.75, 3.05) is 11.4 Å². The van der Waals surface area contributed by atoms with Crippen LogP contribution in [0, 0.1) is 22.7 Å². The second-order valence-electron chi connectivity index (χ2n) is 14.4. The number of rotatable bonds is 6. The largest absolute Gasteiger partial charge is 0.325 e. The summed E-state index contributed by atoms with van der Waals surface area (Å²) in [6, 6.07) is 6.69. The summed E-state index contributed by atoms with van der Waals surface area (Å²) >= 11 is 0. The molecule has 2 unspecified atom stereocenters. The van der Waals surface area contributed by atoms with Gasteiger partial charge in [-0.05, 0) is 76.8 Å². The Bertz CT molecular complexity index is 1130. The molecule has 42 heavy (non-hydrogen) atoms. The Labute approximate surface area is 262 Å². The van der Waals surface area contributed by atoms with Gasteiger partial charge in [-0.1, -0.05) is 146 Å². The number of fused-ring (bicyclic) bond motifs is 1. The van der Waals surface area contributed by atoms with Gasteiger partial charge in [-0.2, -0.15) is 0 Å². The van der Waals surface area contributed by atoms with Gasteiger partial charge in [0.1, 0.15) is 0 Å². The molecule has 1 aromatic carbocycles. The van der Waals surface area contributed by atoms with Crippen molar-refractivity contribution in [1.29, 1.82) is 0 Å². The molecule has 1 aliphatic rings. The summed E-state index contributed by atoms with van der Waals surface area (Å²) in [5.74, 6) is 1.40. The first-order valence-corrected chi connectivity index (χ1v) is 16.0. The van der Waals surface area contributed by atoms with E-state index in [2.05, 4.69) is 150 Å². The molecule has 0 bridgehead atoms. The first-order chi connectivity index (χ1) is 19.3. The van der Waals surface area contributed by atoms with Crippen LogP contribution in [0.4, 0.5) is 5.69 Å². The lowest BCUT2D eigenvalue weighted by Crippen LogP contribution is -2.27. The van der Waals surface area contributed by atoms with Crippen LogP contribution < -0.4 is 10.6 Å². The Hall–Kier alpha value is -2.58. The highest BCUT2D eigenvalue weighted by Gasteiger charge is 2.29. The fraction of sp³-hybridized carbons (Fsp3) is 0.550. The first kappa shape index (κ1) is 39.4. The summed E-state index contributed by atoms with van der Waals surface area (Å²) in [5, 5.41) is 0. The maximum Gasteiger partial charge on any atom is 0.0531 e. The summed E-state index contributed by atoms with van der Waals surface area (Å²) in [5.41, 5.74) is 14.9. The minimum absolute atomic E-state index is 0.0447. The SMILES string of the molecule is C=C/C=C(/C)C(C(C)CC)C(C)(C)C.C=C1/C=C(C(C)(C)C)\C=C/N(/C(=C/C)CN)c2ccc(C(C)(C)C)cc21.CC. The molecule has 2 nitrogen and oxygen atoms in total. The molecule has 0 fully saturated rings. The Kier molecular flexibility index (Phi) is 15.9. The van der Waals surface area contributed by atoms with Crippen molar-refractivity contribution in [3.05, 3.63) is 95.9 Å². The van der Waals surface area contributed by atoms with E-state index in [0.29, 0.717) is 17.9 Å². The van der Waals surface area contributed by atoms with Gasteiger partial charge in [-0.25, -0.2) is 0 Å². The van der Waals surface area contributed by atoms with E-state index in [1.807, 2.05) is 26.8 Å². The second kappa shape index (κ2) is 16.9. The highest BCUT2D eigenvalue weighted by molar-refractivity contribution is 5.85. The van der Waals surface area contributed by atoms with Gasteiger partial charge in [-0.15, -0.1) is 0 Å². The van der Waals surface area contributed by atoms with Crippen molar-refractivity contribution >= 4 is 11.3 Å². The van der Waals surface area contributed by atoms with Crippen LogP contribution in [-0.4, -0.2) is 6.54 Å². The molecule has 0 radical (unpaired) electrons. The standard InChI is InChI=1S/C24H34N2.C14H26.C2H6/c1-9-20(16-25)26-13-12-19(24(6,7)8)14-17(2)21-15-18(23(3,4)5)10-11-22(21)26;1-8-10-12(4)13(11(3)9-2)14(5,6)7;1-2/h9-15H,2,16,25H2,1,3-8H3;8,10-11,13H,1,9H2,2-7H3;1-2H3/b13-12-,19-14+,20-9+;12-10-;. The number of nitrogens with two attached hydrogens (primary N) is 1. The van der Waals surface area contributed by atoms with Crippen LogP contribution in [-0.2, 0) is 5.41 Å². The molecule has 0 amide bonds. The summed E-state index contributed by atoms with van der Waals surface area (Å²) in [7, 11) is 0. The van der Waals surface area contributed by atoms with Crippen LogP contribution in [0.3, 0.4) is 0 Å². The normalized spacial score (nSPS) is 18.0. The lowest BCUT2D eigenvalue weighted by atomic mass is 9.69. The average molecular weight is 575 g/mol. The summed E-state index contributed by atoms with van der Waals surface area (Å²) < 4.78 is 0. The van der Waals surface area contributed by atoms with E-state index in [1.165, 1.54) is 23.1 Å². The molecule has 1 aliphatic heterocycles. The third kappa shape index (κ3) is 11.3. The fourth-order valence-corrected chi connectivity index (χ4v) is 5.60. The lowest BCUT2D eigenvalue weighted by Gasteiger charge is -2.36. The van der Waals surface area contributed by atoms with Crippen molar-refractivity contribution in [3.8, 4) is 0 Å². The van der Waals surface area contributed by atoms with Gasteiger partial charge >= 0.3 is 0 Å². The molecule has 2 atom stereocenters. The zero-order valence-corrected chi connectivity index (χ0v) is 30.2. The summed E-state index contributed by atoms with van der Waals surface area (Å²) in [6.45, 7) is 41.9. The van der Waals surface area contributed by atoms with Gasteiger partial charge in [0, 0.05) is 24.0 Å². The maximum atomic E-state index is 6.03. The molecule has 1 heterocycles. The van der Waals surface area contributed by atoms with E-state index >= 15 is 0 Å². The quantitative estimate of drug-likeness (QED) is 0.342. The Morgan fingerprint density at radius 3 is 1.98 bits per heavy atom. The van der Waals surface area contributed by atoms with E-state index in [1.54, 1.807) is 0 Å². The van der Waals surface area contributed by atoms with E-state index in [-0.39, 0.29) is 10.8 Å². The zero-order chi connectivity index (χ0) is 33.1. The summed E-state index contributed by atoms with van der Waals surface area (Å²) in [4.78, 5) is 2.20. The molecular formula is C40H66N2. The molecule has 0 spiro atoms. The average Bonchev–Trinajstić information content (AvgIpc) is 2.88. The molecule has 0 saturated carbocycles. The van der Waals surface area contributed by atoms with Crippen molar-refractivity contribution in [2.45, 2.75) is 116 Å². The molecule has 0 aliphatic carbocycles. The first-order valence-electron chi connectivity index (χ1n) is 16.0. The lowest BCUT2D eigenvalue weighted by molar-refractivity contribution is 0.201. The van der Waals surface area contributed by atoms with Crippen LogP contribution in [0.5, 0.6) is 0 Å². The fourth-order valence-electron chi connectivity index (χ4n) is 5.60. The van der Waals surface area contributed by atoms with Gasteiger partial charge < -0.3 is 10.6 Å². The number of hydrogen-bond acceptors (Lipinski definition) is 2. The Morgan fingerprint density at radius 2 is 1.57 bits per heavy atom. The molecule has 2 heteroatoms. The van der Waals surface area contributed by atoms with Crippen LogP contribution in [0.25, 0.3) is 5.57 Å². The van der Waals surface area contributed by atoms with Gasteiger partial charge in [-0.3, -0.25) is 0 Å². The van der Waals surface area contributed by atoms with E-state index in [4.69, 9.17) is 5.73 Å². The molecule has 2 N–H and O–H groups in total. The van der Waals surface area contributed by atoms with Crippen LogP contribution in [0.15, 0.2) is 84.8 Å². The molecule has 1 aromatic rings. The van der Waals surface area contributed by atoms with Crippen molar-refractivity contribution < 1.29 is 0 Å². The minimum Gasteiger partial charge on any atom is -0.325 e. The predicted molar refractivity (Wildman–Crippen MR) is 194 cm³/mol. The molecule has 236 valence electrons. The van der Waals surface area contributed by atoms with Gasteiger partial charge in [0.25, 0.3) is 0 Å². The van der Waals surface area contributed by atoms with Gasteiger partial charge in [0.15, 0.2) is 0 Å². The van der Waals surface area contributed by atoms with E-state index < -0.39 is 0 Å². The molecule has 2 rings (SSSR count). The maximum absolute atomic E-state index is 6.03. The smallest absolute Gasteiger partial charge is 0.0531 e. The number of hydrogen-bond donors (Lipinski definition) is 1. The molecule has 0 saturated heterocycles. The third-order valence-corrected chi connectivity index (χ3v) is 7.94. The second-order valence-corrected chi connectivity index (χ2v) is 14.4.